The van der Waals surface area contributed by atoms with E-state index in [1.54, 1.807) is 6.08 Å². The number of amides is 2. The lowest BCUT2D eigenvalue weighted by Crippen LogP contribution is -2.17. The average molecular weight is 547 g/mol. The van der Waals surface area contributed by atoms with Crippen molar-refractivity contribution < 1.29 is 28.6 Å². The summed E-state index contributed by atoms with van der Waals surface area (Å²) in [5.41, 5.74) is 7.04. The summed E-state index contributed by atoms with van der Waals surface area (Å²) in [5.74, 6) is 0.574. The number of hydrogen-bond acceptors (Lipinski definition) is 8. The van der Waals surface area contributed by atoms with Crippen LogP contribution in [0.25, 0.3) is 17.2 Å². The largest absolute Gasteiger partial charge is 0.489 e. The molecule has 0 aliphatic carbocycles. The van der Waals surface area contributed by atoms with E-state index in [0.717, 1.165) is 50.8 Å². The zero-order valence-electron chi connectivity index (χ0n) is 22.3. The van der Waals surface area contributed by atoms with Crippen LogP contribution in [0.15, 0.2) is 53.4 Å². The van der Waals surface area contributed by atoms with Crippen LogP contribution >= 0.6 is 11.8 Å². The summed E-state index contributed by atoms with van der Waals surface area (Å²) in [7, 11) is 0. The number of esters is 1. The normalized spacial score (nSPS) is 13.9. The number of imide groups is 1. The minimum atomic E-state index is -0.375. The molecular weight excluding hydrogens is 516 g/mol. The van der Waals surface area contributed by atoms with Gasteiger partial charge in [0.15, 0.2) is 0 Å². The second kappa shape index (κ2) is 12.6. The minimum Gasteiger partial charge on any atom is -0.489 e. The Bertz CT molecular complexity index is 1410. The molecule has 0 saturated carbocycles. The Morgan fingerprint density at radius 2 is 1.79 bits per heavy atom. The fraction of sp³-hybridized carbons (Fsp3) is 0.267. The van der Waals surface area contributed by atoms with Gasteiger partial charge in [0, 0.05) is 30.7 Å². The number of rotatable bonds is 10. The molecule has 9 heteroatoms. The molecule has 1 fully saturated rings. The molecule has 0 bridgehead atoms. The second-order valence-electron chi connectivity index (χ2n) is 9.08. The van der Waals surface area contributed by atoms with Crippen molar-refractivity contribution in [3.05, 3.63) is 81.4 Å². The van der Waals surface area contributed by atoms with E-state index in [1.165, 1.54) is 6.92 Å². The first-order valence-corrected chi connectivity index (χ1v) is 13.3. The smallest absolute Gasteiger partial charge is 0.302 e. The Morgan fingerprint density at radius 1 is 1.03 bits per heavy atom. The molecule has 0 spiro atoms. The molecule has 2 heterocycles. The van der Waals surface area contributed by atoms with Crippen LogP contribution in [0.2, 0.25) is 0 Å². The number of carbonyl (C=O) groups excluding carboxylic acids is 3. The maximum Gasteiger partial charge on any atom is 0.302 e. The Kier molecular flexibility index (Phi) is 9.03. The zero-order valence-corrected chi connectivity index (χ0v) is 23.1. The van der Waals surface area contributed by atoms with E-state index in [1.807, 2.05) is 56.3 Å². The maximum atomic E-state index is 11.7. The van der Waals surface area contributed by atoms with Crippen molar-refractivity contribution in [1.82, 2.24) is 10.3 Å². The lowest BCUT2D eigenvalue weighted by molar-refractivity contribution is -0.141. The SMILES string of the molecule is CC(=O)OCCCOc1cc(C)c(-c2cccc(COc3ccc(/C=C4\SC(=O)NC4=O)cc3)c2C)c(C)n1. The summed E-state index contributed by atoms with van der Waals surface area (Å²) in [6, 6.07) is 15.4. The van der Waals surface area contributed by atoms with Crippen molar-refractivity contribution in [1.29, 1.82) is 0 Å². The van der Waals surface area contributed by atoms with Crippen molar-refractivity contribution >= 4 is 35.0 Å². The molecule has 1 saturated heterocycles. The van der Waals surface area contributed by atoms with Crippen LogP contribution in [0.5, 0.6) is 11.6 Å². The van der Waals surface area contributed by atoms with E-state index in [9.17, 15) is 14.4 Å². The molecule has 4 rings (SSSR count). The van der Waals surface area contributed by atoms with Crippen molar-refractivity contribution in [2.45, 2.75) is 40.7 Å². The molecule has 0 radical (unpaired) electrons. The zero-order chi connectivity index (χ0) is 27.9. The minimum absolute atomic E-state index is 0.298. The predicted molar refractivity (Wildman–Crippen MR) is 151 cm³/mol. The molecule has 2 aromatic carbocycles. The lowest BCUT2D eigenvalue weighted by Gasteiger charge is -2.17. The molecule has 2 amide bonds. The maximum absolute atomic E-state index is 11.7. The van der Waals surface area contributed by atoms with Crippen LogP contribution in [0.3, 0.4) is 0 Å². The van der Waals surface area contributed by atoms with Crippen LogP contribution in [0.1, 0.15) is 41.3 Å². The van der Waals surface area contributed by atoms with Gasteiger partial charge in [0.05, 0.1) is 18.1 Å². The standard InChI is InChI=1S/C30H30N2O6S/c1-18-15-27(37-14-6-13-36-21(4)33)31-20(3)28(18)25-8-5-7-23(19(25)2)17-38-24-11-9-22(10-12-24)16-26-29(34)32-30(35)39-26/h5,7-12,15-16H,6,13-14,17H2,1-4H3,(H,32,34,35)/b26-16-. The first kappa shape index (κ1) is 27.9. The van der Waals surface area contributed by atoms with E-state index in [4.69, 9.17) is 14.2 Å². The fourth-order valence-electron chi connectivity index (χ4n) is 4.23. The Balaban J connectivity index is 1.42. The van der Waals surface area contributed by atoms with Gasteiger partial charge in [-0.1, -0.05) is 30.3 Å². The third kappa shape index (κ3) is 7.26. The van der Waals surface area contributed by atoms with Gasteiger partial charge in [-0.2, -0.15) is 0 Å². The topological polar surface area (TPSA) is 104 Å². The molecule has 39 heavy (non-hydrogen) atoms. The number of nitrogens with zero attached hydrogens (tertiary/aromatic N) is 1. The summed E-state index contributed by atoms with van der Waals surface area (Å²) in [6.45, 7) is 8.60. The highest BCUT2D eigenvalue weighted by Crippen LogP contribution is 2.33. The molecule has 0 unspecified atom stereocenters. The summed E-state index contributed by atoms with van der Waals surface area (Å²) >= 11 is 0.894. The number of thioether (sulfide) groups is 1. The highest BCUT2D eigenvalue weighted by atomic mass is 32.2. The second-order valence-corrected chi connectivity index (χ2v) is 10.1. The van der Waals surface area contributed by atoms with E-state index < -0.39 is 0 Å². The Hall–Kier alpha value is -4.11. The van der Waals surface area contributed by atoms with E-state index in [-0.39, 0.29) is 17.1 Å². The molecule has 1 aromatic heterocycles. The van der Waals surface area contributed by atoms with E-state index in [2.05, 4.69) is 23.3 Å². The Labute approximate surface area is 231 Å². The number of pyridine rings is 1. The number of nitrogens with one attached hydrogen (secondary N) is 1. The van der Waals surface area contributed by atoms with Gasteiger partial charge >= 0.3 is 5.97 Å². The van der Waals surface area contributed by atoms with E-state index >= 15 is 0 Å². The van der Waals surface area contributed by atoms with Gasteiger partial charge in [-0.15, -0.1) is 0 Å². The lowest BCUT2D eigenvalue weighted by atomic mass is 9.93. The van der Waals surface area contributed by atoms with Gasteiger partial charge in [-0.25, -0.2) is 4.98 Å². The number of aryl methyl sites for hydroxylation is 2. The van der Waals surface area contributed by atoms with Gasteiger partial charge in [-0.05, 0) is 78.6 Å². The van der Waals surface area contributed by atoms with Crippen LogP contribution in [-0.2, 0) is 20.9 Å². The summed E-state index contributed by atoms with van der Waals surface area (Å²) in [4.78, 5) is 39.0. The highest BCUT2D eigenvalue weighted by Gasteiger charge is 2.24. The quantitative estimate of drug-likeness (QED) is 0.190. The van der Waals surface area contributed by atoms with Crippen LogP contribution < -0.4 is 14.8 Å². The summed E-state index contributed by atoms with van der Waals surface area (Å²) in [5, 5.41) is 1.89. The van der Waals surface area contributed by atoms with Gasteiger partial charge in [0.25, 0.3) is 11.1 Å². The molecule has 202 valence electrons. The molecule has 8 nitrogen and oxygen atoms in total. The number of ether oxygens (including phenoxy) is 3. The monoisotopic (exact) mass is 546 g/mol. The third-order valence-corrected chi connectivity index (χ3v) is 6.96. The van der Waals surface area contributed by atoms with Crippen LogP contribution in [0.4, 0.5) is 4.79 Å². The predicted octanol–water partition coefficient (Wildman–Crippen LogP) is 5.91. The first-order valence-electron chi connectivity index (χ1n) is 12.5. The highest BCUT2D eigenvalue weighted by molar-refractivity contribution is 8.18. The third-order valence-electron chi connectivity index (χ3n) is 6.15. The van der Waals surface area contributed by atoms with Gasteiger partial charge in [-0.3, -0.25) is 19.7 Å². The van der Waals surface area contributed by atoms with Crippen molar-refractivity contribution in [3.8, 4) is 22.8 Å². The average Bonchev–Trinajstić information content (AvgIpc) is 3.20. The number of hydrogen-bond donors (Lipinski definition) is 1. The van der Waals surface area contributed by atoms with Crippen LogP contribution in [-0.4, -0.2) is 35.3 Å². The number of benzene rings is 2. The Morgan fingerprint density at radius 3 is 2.46 bits per heavy atom. The van der Waals surface area contributed by atoms with Gasteiger partial charge in [0.2, 0.25) is 5.88 Å². The fourth-order valence-corrected chi connectivity index (χ4v) is 4.92. The molecular formula is C30H30N2O6S. The van der Waals surface area contributed by atoms with Gasteiger partial charge < -0.3 is 14.2 Å². The molecule has 0 atom stereocenters. The van der Waals surface area contributed by atoms with Gasteiger partial charge in [0.1, 0.15) is 12.4 Å². The number of aromatic nitrogens is 1. The van der Waals surface area contributed by atoms with E-state index in [0.29, 0.717) is 42.8 Å². The molecule has 1 aliphatic rings. The van der Waals surface area contributed by atoms with Crippen molar-refractivity contribution in [2.75, 3.05) is 13.2 Å². The first-order chi connectivity index (χ1) is 18.7. The molecule has 1 aliphatic heterocycles. The van der Waals surface area contributed by atoms with Crippen LogP contribution in [0, 0.1) is 20.8 Å². The number of carbonyl (C=O) groups is 3. The molecule has 1 N–H and O–H groups in total. The summed E-state index contributed by atoms with van der Waals surface area (Å²) in [6.07, 6.45) is 2.28. The van der Waals surface area contributed by atoms with Crippen molar-refractivity contribution in [3.63, 3.8) is 0 Å². The summed E-state index contributed by atoms with van der Waals surface area (Å²) < 4.78 is 16.8. The van der Waals surface area contributed by atoms with Crippen molar-refractivity contribution in [2.24, 2.45) is 0 Å². The molecule has 3 aromatic rings.